The molecule has 7 heteroatoms. The summed E-state index contributed by atoms with van der Waals surface area (Å²) in [4.78, 5) is 11.3. The molecule has 0 bridgehead atoms. The van der Waals surface area contributed by atoms with E-state index in [0.717, 1.165) is 0 Å². The number of ether oxygens (including phenoxy) is 2. The quantitative estimate of drug-likeness (QED) is 0.617. The third kappa shape index (κ3) is 3.80. The Morgan fingerprint density at radius 1 is 1.53 bits per heavy atom. The van der Waals surface area contributed by atoms with Gasteiger partial charge in [-0.15, -0.1) is 11.6 Å². The summed E-state index contributed by atoms with van der Waals surface area (Å²) < 4.78 is 33.2. The van der Waals surface area contributed by atoms with Crippen LogP contribution in [0.15, 0.2) is 12.1 Å². The molecule has 0 N–H and O–H groups in total. The Balaban J connectivity index is 3.29. The highest BCUT2D eigenvalue weighted by Gasteiger charge is 2.19. The zero-order valence-corrected chi connectivity index (χ0v) is 10.7. The highest BCUT2D eigenvalue weighted by atomic mass is 35.5. The Hall–Kier alpha value is -1.87. The van der Waals surface area contributed by atoms with Crippen molar-refractivity contribution in [3.8, 4) is 11.8 Å². The van der Waals surface area contributed by atoms with Crippen LogP contribution in [0.3, 0.4) is 0 Å². The van der Waals surface area contributed by atoms with Gasteiger partial charge >= 0.3 is 12.6 Å². The second kappa shape index (κ2) is 6.90. The number of methoxy groups -OCH3 is 1. The monoisotopic (exact) mass is 289 g/mol. The largest absolute Gasteiger partial charge is 0.469 e. The molecule has 1 aromatic rings. The van der Waals surface area contributed by atoms with Crippen LogP contribution in [-0.2, 0) is 21.8 Å². The molecule has 0 aliphatic rings. The maximum atomic E-state index is 12.2. The molecule has 0 aliphatic heterocycles. The number of carbonyl (C=O) groups is 1. The molecule has 0 spiro atoms. The molecule has 1 rings (SSSR count). The van der Waals surface area contributed by atoms with E-state index in [1.165, 1.54) is 19.2 Å². The van der Waals surface area contributed by atoms with E-state index in [4.69, 9.17) is 16.9 Å². The summed E-state index contributed by atoms with van der Waals surface area (Å²) in [7, 11) is 1.19. The van der Waals surface area contributed by atoms with Crippen molar-refractivity contribution in [3.05, 3.63) is 28.8 Å². The fourth-order valence-corrected chi connectivity index (χ4v) is 1.78. The van der Waals surface area contributed by atoms with Crippen molar-refractivity contribution < 1.29 is 23.0 Å². The van der Waals surface area contributed by atoms with E-state index >= 15 is 0 Å². The van der Waals surface area contributed by atoms with Crippen LogP contribution in [0, 0.1) is 11.3 Å². The molecule has 0 fully saturated rings. The van der Waals surface area contributed by atoms with E-state index in [1.807, 2.05) is 0 Å². The Bertz CT molecular complexity index is 514. The third-order valence-electron chi connectivity index (χ3n) is 2.39. The maximum absolute atomic E-state index is 12.2. The van der Waals surface area contributed by atoms with Crippen LogP contribution in [0.1, 0.15) is 16.7 Å². The Labute approximate surface area is 113 Å². The first-order chi connectivity index (χ1) is 9.03. The highest BCUT2D eigenvalue weighted by molar-refractivity contribution is 6.17. The van der Waals surface area contributed by atoms with Gasteiger partial charge in [0.15, 0.2) is 0 Å². The van der Waals surface area contributed by atoms with Crippen LogP contribution >= 0.6 is 11.6 Å². The van der Waals surface area contributed by atoms with E-state index in [-0.39, 0.29) is 29.2 Å². The van der Waals surface area contributed by atoms with Gasteiger partial charge in [0.25, 0.3) is 0 Å². The predicted molar refractivity (Wildman–Crippen MR) is 63.1 cm³/mol. The number of nitrogens with zero attached hydrogens (tertiary/aromatic N) is 1. The number of hydrogen-bond donors (Lipinski definition) is 0. The van der Waals surface area contributed by atoms with Gasteiger partial charge in [0.05, 0.1) is 19.1 Å². The molecule has 0 amide bonds. The molecule has 0 saturated carbocycles. The summed E-state index contributed by atoms with van der Waals surface area (Å²) in [5, 5.41) is 9.05. The summed E-state index contributed by atoms with van der Waals surface area (Å²) >= 11 is 5.70. The second-order valence-corrected chi connectivity index (χ2v) is 3.72. The molecule has 4 nitrogen and oxygen atoms in total. The molecule has 0 unspecified atom stereocenters. The summed E-state index contributed by atoms with van der Waals surface area (Å²) in [6.07, 6.45) is -0.234. The maximum Gasteiger partial charge on any atom is 0.387 e. The molecule has 0 saturated heterocycles. The number of benzene rings is 1. The van der Waals surface area contributed by atoms with E-state index in [1.54, 1.807) is 6.07 Å². The average molecular weight is 290 g/mol. The van der Waals surface area contributed by atoms with Gasteiger partial charge in [-0.3, -0.25) is 4.79 Å². The van der Waals surface area contributed by atoms with Gasteiger partial charge in [0.2, 0.25) is 0 Å². The van der Waals surface area contributed by atoms with Gasteiger partial charge in [-0.1, -0.05) is 6.07 Å². The van der Waals surface area contributed by atoms with Gasteiger partial charge in [-0.2, -0.15) is 14.0 Å². The second-order valence-electron chi connectivity index (χ2n) is 3.45. The number of carbonyl (C=O) groups excluding carboxylic acids is 1. The highest BCUT2D eigenvalue weighted by Crippen LogP contribution is 2.28. The fraction of sp³-hybridized carbons (Fsp3) is 0.333. The molecule has 0 heterocycles. The van der Waals surface area contributed by atoms with Crippen LogP contribution in [-0.4, -0.2) is 19.7 Å². The topological polar surface area (TPSA) is 59.3 Å². The zero-order valence-electron chi connectivity index (χ0n) is 9.95. The van der Waals surface area contributed by atoms with Gasteiger partial charge in [0, 0.05) is 5.88 Å². The van der Waals surface area contributed by atoms with Gasteiger partial charge in [0.1, 0.15) is 11.8 Å². The summed E-state index contributed by atoms with van der Waals surface area (Å²) in [6.45, 7) is -3.06. The molecule has 0 aromatic heterocycles. The summed E-state index contributed by atoms with van der Waals surface area (Å²) in [5.74, 6) is -0.849. The van der Waals surface area contributed by atoms with E-state index in [9.17, 15) is 13.6 Å². The minimum absolute atomic E-state index is 0.0377. The van der Waals surface area contributed by atoms with Crippen molar-refractivity contribution in [2.24, 2.45) is 0 Å². The lowest BCUT2D eigenvalue weighted by atomic mass is 9.99. The van der Waals surface area contributed by atoms with Crippen molar-refractivity contribution in [2.75, 3.05) is 7.11 Å². The minimum atomic E-state index is -3.06. The lowest BCUT2D eigenvalue weighted by Gasteiger charge is -2.13. The molecule has 0 aliphatic carbocycles. The molecule has 1 aromatic carbocycles. The van der Waals surface area contributed by atoms with Crippen molar-refractivity contribution in [2.45, 2.75) is 18.9 Å². The van der Waals surface area contributed by atoms with Crippen molar-refractivity contribution in [1.29, 1.82) is 5.26 Å². The third-order valence-corrected chi connectivity index (χ3v) is 2.68. The van der Waals surface area contributed by atoms with Crippen molar-refractivity contribution in [3.63, 3.8) is 0 Å². The Morgan fingerprint density at radius 3 is 2.68 bits per heavy atom. The number of esters is 1. The van der Waals surface area contributed by atoms with Gasteiger partial charge < -0.3 is 9.47 Å². The normalized spacial score (nSPS) is 10.1. The van der Waals surface area contributed by atoms with Crippen LogP contribution in [0.5, 0.6) is 5.75 Å². The Morgan fingerprint density at radius 2 is 2.21 bits per heavy atom. The zero-order chi connectivity index (χ0) is 14.4. The average Bonchev–Trinajstić information content (AvgIpc) is 2.38. The lowest BCUT2D eigenvalue weighted by Crippen LogP contribution is -2.11. The smallest absolute Gasteiger partial charge is 0.387 e. The van der Waals surface area contributed by atoms with Gasteiger partial charge in [-0.25, -0.2) is 0 Å². The number of alkyl halides is 3. The van der Waals surface area contributed by atoms with Crippen LogP contribution in [0.2, 0.25) is 0 Å². The first kappa shape index (κ1) is 15.2. The van der Waals surface area contributed by atoms with Crippen LogP contribution < -0.4 is 4.74 Å². The standard InChI is InChI=1S/C12H10ClF2NO3/c1-18-11(17)4-8-7(5-13)2-3-10(9(8)6-16)19-12(14)15/h2-3,12H,4-5H2,1H3. The van der Waals surface area contributed by atoms with Crippen molar-refractivity contribution >= 4 is 17.6 Å². The van der Waals surface area contributed by atoms with Gasteiger partial charge in [-0.05, 0) is 17.2 Å². The molecular weight excluding hydrogens is 280 g/mol. The molecule has 102 valence electrons. The van der Waals surface area contributed by atoms with E-state index < -0.39 is 12.6 Å². The number of hydrogen-bond acceptors (Lipinski definition) is 4. The Kier molecular flexibility index (Phi) is 5.52. The van der Waals surface area contributed by atoms with E-state index in [2.05, 4.69) is 9.47 Å². The summed E-state index contributed by atoms with van der Waals surface area (Å²) in [6, 6.07) is 4.41. The van der Waals surface area contributed by atoms with Crippen LogP contribution in [0.4, 0.5) is 8.78 Å². The first-order valence-corrected chi connectivity index (χ1v) is 5.69. The molecular formula is C12H10ClF2NO3. The number of halogens is 3. The predicted octanol–water partition coefficient (Wildman–Crippen LogP) is 2.61. The number of nitriles is 1. The molecule has 19 heavy (non-hydrogen) atoms. The molecule has 0 radical (unpaired) electrons. The van der Waals surface area contributed by atoms with Crippen molar-refractivity contribution in [1.82, 2.24) is 0 Å². The minimum Gasteiger partial charge on any atom is -0.469 e. The lowest BCUT2D eigenvalue weighted by molar-refractivity contribution is -0.139. The first-order valence-electron chi connectivity index (χ1n) is 5.15. The SMILES string of the molecule is COC(=O)Cc1c(CCl)ccc(OC(F)F)c1C#N. The van der Waals surface area contributed by atoms with E-state index in [0.29, 0.717) is 5.56 Å². The van der Waals surface area contributed by atoms with Crippen LogP contribution in [0.25, 0.3) is 0 Å². The fourth-order valence-electron chi connectivity index (χ4n) is 1.53. The number of rotatable bonds is 5. The molecule has 0 atom stereocenters. The summed E-state index contributed by atoms with van der Waals surface area (Å²) in [5.41, 5.74) is 0.594.